The molecule has 0 aliphatic heterocycles. The molecule has 1 heterocycles. The van der Waals surface area contributed by atoms with E-state index in [1.54, 1.807) is 41.4 Å². The van der Waals surface area contributed by atoms with E-state index in [1.807, 2.05) is 18.2 Å². The normalized spacial score (nSPS) is 18.1. The average molecular weight is 364 g/mol. The second-order valence-corrected chi connectivity index (χ2v) is 6.69. The number of nitrogens with zero attached hydrogens (tertiary/aromatic N) is 2. The number of amides is 1. The molecule has 136 valence electrons. The molecule has 0 spiro atoms. The monoisotopic (exact) mass is 364 g/mol. The van der Waals surface area contributed by atoms with Crippen molar-refractivity contribution in [1.29, 1.82) is 0 Å². The average Bonchev–Trinajstić information content (AvgIpc) is 3.48. The fourth-order valence-corrected chi connectivity index (χ4v) is 3.36. The highest BCUT2D eigenvalue weighted by atomic mass is 19.1. The third-order valence-corrected chi connectivity index (χ3v) is 4.86. The van der Waals surface area contributed by atoms with Gasteiger partial charge in [0.25, 0.3) is 0 Å². The Morgan fingerprint density at radius 2 is 1.74 bits per heavy atom. The molecule has 0 bridgehead atoms. The van der Waals surface area contributed by atoms with E-state index in [-0.39, 0.29) is 35.9 Å². The minimum atomic E-state index is -0.361. The lowest BCUT2D eigenvalue weighted by Crippen LogP contribution is -2.32. The van der Waals surface area contributed by atoms with Gasteiger partial charge in [-0.2, -0.15) is 0 Å². The Morgan fingerprint density at radius 1 is 1.00 bits per heavy atom. The molecule has 0 radical (unpaired) electrons. The fraction of sp³-hybridized carbons (Fsp3) is 0.182. The van der Waals surface area contributed by atoms with Crippen LogP contribution in [0.1, 0.15) is 23.6 Å². The molecule has 3 nitrogen and oxygen atoms in total. The van der Waals surface area contributed by atoms with E-state index < -0.39 is 0 Å². The highest BCUT2D eigenvalue weighted by Gasteiger charge is 2.47. The van der Waals surface area contributed by atoms with Crippen molar-refractivity contribution in [3.63, 3.8) is 0 Å². The van der Waals surface area contributed by atoms with Gasteiger partial charge in [0.1, 0.15) is 11.6 Å². The van der Waals surface area contributed by atoms with Crippen molar-refractivity contribution in [3.05, 3.63) is 95.8 Å². The highest BCUT2D eigenvalue weighted by molar-refractivity contribution is 5.97. The number of hydrogen-bond donors (Lipinski definition) is 0. The first kappa shape index (κ1) is 17.3. The van der Waals surface area contributed by atoms with Crippen LogP contribution < -0.4 is 4.90 Å². The van der Waals surface area contributed by atoms with E-state index in [0.29, 0.717) is 17.7 Å². The molecule has 4 rings (SSSR count). The lowest BCUT2D eigenvalue weighted by Gasteiger charge is -2.23. The van der Waals surface area contributed by atoms with Gasteiger partial charge in [0.2, 0.25) is 5.91 Å². The molecule has 27 heavy (non-hydrogen) atoms. The first-order valence-electron chi connectivity index (χ1n) is 8.85. The summed E-state index contributed by atoms with van der Waals surface area (Å²) in [6, 6.07) is 17.9. The Labute approximate surface area is 156 Å². The van der Waals surface area contributed by atoms with Crippen molar-refractivity contribution < 1.29 is 13.6 Å². The summed E-state index contributed by atoms with van der Waals surface area (Å²) in [5.41, 5.74) is 1.91. The summed E-state index contributed by atoms with van der Waals surface area (Å²) in [5, 5.41) is 0. The lowest BCUT2D eigenvalue weighted by atomic mass is 10.1. The second-order valence-electron chi connectivity index (χ2n) is 6.69. The molecule has 0 N–H and O–H groups in total. The van der Waals surface area contributed by atoms with Crippen LogP contribution in [0.15, 0.2) is 72.9 Å². The Morgan fingerprint density at radius 3 is 2.44 bits per heavy atom. The predicted molar refractivity (Wildman–Crippen MR) is 99.1 cm³/mol. The van der Waals surface area contributed by atoms with E-state index in [4.69, 9.17) is 0 Å². The number of hydrogen-bond acceptors (Lipinski definition) is 2. The summed E-state index contributed by atoms with van der Waals surface area (Å²) in [7, 11) is 0. The maximum atomic E-state index is 14.1. The fourth-order valence-electron chi connectivity index (χ4n) is 3.36. The zero-order chi connectivity index (χ0) is 18.8. The molecule has 1 saturated carbocycles. The number of carbonyl (C=O) groups excluding carboxylic acids is 1. The first-order valence-corrected chi connectivity index (χ1v) is 8.85. The van der Waals surface area contributed by atoms with Crippen LogP contribution in [0, 0.1) is 17.6 Å². The van der Waals surface area contributed by atoms with Crippen LogP contribution in [0.25, 0.3) is 0 Å². The summed E-state index contributed by atoms with van der Waals surface area (Å²) in [4.78, 5) is 19.1. The van der Waals surface area contributed by atoms with Crippen LogP contribution >= 0.6 is 0 Å². The zero-order valence-electron chi connectivity index (χ0n) is 14.6. The van der Waals surface area contributed by atoms with Crippen LogP contribution in [-0.4, -0.2) is 10.9 Å². The lowest BCUT2D eigenvalue weighted by molar-refractivity contribution is -0.120. The van der Waals surface area contributed by atoms with Crippen LogP contribution in [0.3, 0.4) is 0 Å². The van der Waals surface area contributed by atoms with E-state index in [1.165, 1.54) is 18.2 Å². The summed E-state index contributed by atoms with van der Waals surface area (Å²) in [5.74, 6) is -1.14. The largest absolute Gasteiger partial charge is 0.306 e. The van der Waals surface area contributed by atoms with E-state index >= 15 is 0 Å². The minimum Gasteiger partial charge on any atom is -0.306 e. The third kappa shape index (κ3) is 3.72. The van der Waals surface area contributed by atoms with Crippen molar-refractivity contribution in [2.45, 2.75) is 18.9 Å². The molecule has 3 aromatic rings. The number of benzene rings is 2. The smallest absolute Gasteiger partial charge is 0.231 e. The summed E-state index contributed by atoms with van der Waals surface area (Å²) < 4.78 is 27.4. The van der Waals surface area contributed by atoms with Crippen molar-refractivity contribution in [3.8, 4) is 0 Å². The van der Waals surface area contributed by atoms with E-state index in [9.17, 15) is 13.6 Å². The summed E-state index contributed by atoms with van der Waals surface area (Å²) in [6.07, 6.45) is 2.28. The van der Waals surface area contributed by atoms with Crippen molar-refractivity contribution in [1.82, 2.24) is 4.98 Å². The van der Waals surface area contributed by atoms with Gasteiger partial charge in [-0.05, 0) is 60.4 Å². The van der Waals surface area contributed by atoms with Gasteiger partial charge in [0, 0.05) is 17.8 Å². The van der Waals surface area contributed by atoms with E-state index in [2.05, 4.69) is 4.98 Å². The Kier molecular flexibility index (Phi) is 4.67. The summed E-state index contributed by atoms with van der Waals surface area (Å²) >= 11 is 0. The first-order chi connectivity index (χ1) is 13.1. The standard InChI is InChI=1S/C22H18F2N2O/c23-15-8-10-17(11-9-15)26(14-16-5-3-4-12-25-16)22(27)20-13-19(20)18-6-1-2-7-21(18)24/h1-12,19-20H,13-14H2/t19-,20+/m0/s1. The second kappa shape index (κ2) is 7.27. The van der Waals surface area contributed by atoms with Gasteiger partial charge in [-0.15, -0.1) is 0 Å². The van der Waals surface area contributed by atoms with Gasteiger partial charge in [0.05, 0.1) is 12.2 Å². The molecular formula is C22H18F2N2O. The predicted octanol–water partition coefficient (Wildman–Crippen LogP) is 4.70. The molecule has 1 aromatic heterocycles. The Balaban J connectivity index is 1.60. The van der Waals surface area contributed by atoms with Crippen LogP contribution in [-0.2, 0) is 11.3 Å². The number of pyridine rings is 1. The Hall–Kier alpha value is -3.08. The molecular weight excluding hydrogens is 346 g/mol. The van der Waals surface area contributed by atoms with Crippen molar-refractivity contribution in [2.24, 2.45) is 5.92 Å². The molecule has 1 aliphatic rings. The van der Waals surface area contributed by atoms with Crippen LogP contribution in [0.5, 0.6) is 0 Å². The van der Waals surface area contributed by atoms with Crippen molar-refractivity contribution in [2.75, 3.05) is 4.90 Å². The SMILES string of the molecule is O=C([C@@H]1C[C@H]1c1ccccc1F)N(Cc1ccccn1)c1ccc(F)cc1. The van der Waals surface area contributed by atoms with Crippen LogP contribution in [0.2, 0.25) is 0 Å². The number of halogens is 2. The van der Waals surface area contributed by atoms with Crippen molar-refractivity contribution >= 4 is 11.6 Å². The van der Waals surface area contributed by atoms with Gasteiger partial charge >= 0.3 is 0 Å². The molecule has 1 aliphatic carbocycles. The molecule has 2 aromatic carbocycles. The van der Waals surface area contributed by atoms with Gasteiger partial charge in [-0.1, -0.05) is 24.3 Å². The number of carbonyl (C=O) groups is 1. The quantitative estimate of drug-likeness (QED) is 0.658. The van der Waals surface area contributed by atoms with E-state index in [0.717, 1.165) is 5.69 Å². The van der Waals surface area contributed by atoms with Gasteiger partial charge in [-0.25, -0.2) is 8.78 Å². The molecule has 5 heteroatoms. The zero-order valence-corrected chi connectivity index (χ0v) is 14.6. The Bertz CT molecular complexity index is 944. The molecule has 0 unspecified atom stereocenters. The number of anilines is 1. The highest BCUT2D eigenvalue weighted by Crippen LogP contribution is 2.49. The molecule has 1 fully saturated rings. The number of aromatic nitrogens is 1. The minimum absolute atomic E-state index is 0.0967. The van der Waals surface area contributed by atoms with Gasteiger partial charge in [0.15, 0.2) is 0 Å². The molecule has 1 amide bonds. The number of rotatable bonds is 5. The van der Waals surface area contributed by atoms with Gasteiger partial charge < -0.3 is 4.90 Å². The molecule has 0 saturated heterocycles. The van der Waals surface area contributed by atoms with Crippen LogP contribution in [0.4, 0.5) is 14.5 Å². The maximum absolute atomic E-state index is 14.1. The maximum Gasteiger partial charge on any atom is 0.231 e. The topological polar surface area (TPSA) is 33.2 Å². The summed E-state index contributed by atoms with van der Waals surface area (Å²) in [6.45, 7) is 0.284. The molecule has 2 atom stereocenters. The third-order valence-electron chi connectivity index (χ3n) is 4.86. The van der Waals surface area contributed by atoms with Gasteiger partial charge in [-0.3, -0.25) is 9.78 Å².